The fourth-order valence-electron chi connectivity index (χ4n) is 4.34. The van der Waals surface area contributed by atoms with E-state index in [9.17, 15) is 9.18 Å². The summed E-state index contributed by atoms with van der Waals surface area (Å²) in [7, 11) is 1.73. The van der Waals surface area contributed by atoms with Crippen LogP contribution >= 0.6 is 24.0 Å². The maximum Gasteiger partial charge on any atom is 0.253 e. The standard InChI is InChI=1S/C25H31FN4O.HI/c1-27-24(29-18-25(12-13-25)21-10-3-4-11-22(21)26)28-17-19-8-7-9-20(16-19)23(31)30-14-5-2-6-15-30;/h3-4,7-11,16H,2,5-6,12-15,17-18H2,1H3,(H2,27,28,29);1H. The van der Waals surface area contributed by atoms with E-state index in [1.807, 2.05) is 41.3 Å². The van der Waals surface area contributed by atoms with Gasteiger partial charge in [0.05, 0.1) is 0 Å². The van der Waals surface area contributed by atoms with Gasteiger partial charge in [-0.25, -0.2) is 4.39 Å². The first-order chi connectivity index (χ1) is 15.1. The van der Waals surface area contributed by atoms with Gasteiger partial charge in [0.2, 0.25) is 0 Å². The first kappa shape index (κ1) is 24.5. The van der Waals surface area contributed by atoms with Crippen molar-refractivity contribution in [3.63, 3.8) is 0 Å². The molecule has 1 aliphatic carbocycles. The SMILES string of the molecule is CN=C(NCc1cccc(C(=O)N2CCCCC2)c1)NCC1(c2ccccc2F)CC1.I. The fourth-order valence-corrected chi connectivity index (χ4v) is 4.34. The summed E-state index contributed by atoms with van der Waals surface area (Å²) < 4.78 is 14.2. The molecule has 1 saturated heterocycles. The first-order valence-corrected chi connectivity index (χ1v) is 11.2. The van der Waals surface area contributed by atoms with Crippen LogP contribution in [-0.2, 0) is 12.0 Å². The van der Waals surface area contributed by atoms with Gasteiger partial charge in [0.15, 0.2) is 5.96 Å². The summed E-state index contributed by atoms with van der Waals surface area (Å²) >= 11 is 0. The van der Waals surface area contributed by atoms with Crippen LogP contribution in [0.25, 0.3) is 0 Å². The molecule has 2 N–H and O–H groups in total. The summed E-state index contributed by atoms with van der Waals surface area (Å²) in [5.74, 6) is 0.653. The van der Waals surface area contributed by atoms with Gasteiger partial charge in [-0.1, -0.05) is 30.3 Å². The summed E-state index contributed by atoms with van der Waals surface area (Å²) in [5, 5.41) is 6.67. The van der Waals surface area contributed by atoms with Gasteiger partial charge in [0.25, 0.3) is 5.91 Å². The van der Waals surface area contributed by atoms with Crippen LogP contribution in [-0.4, -0.2) is 43.4 Å². The molecule has 2 aromatic carbocycles. The Hall–Kier alpha value is -2.16. The molecule has 1 amide bonds. The lowest BCUT2D eigenvalue weighted by molar-refractivity contribution is 0.0724. The number of amides is 1. The van der Waals surface area contributed by atoms with Gasteiger partial charge >= 0.3 is 0 Å². The number of nitrogens with zero attached hydrogens (tertiary/aromatic N) is 2. The molecular weight excluding hydrogens is 518 g/mol. The van der Waals surface area contributed by atoms with Crippen LogP contribution in [0.5, 0.6) is 0 Å². The molecule has 0 radical (unpaired) electrons. The molecular formula is C25H32FIN4O. The number of hydrogen-bond donors (Lipinski definition) is 2. The average molecular weight is 550 g/mol. The van der Waals surface area contributed by atoms with Crippen molar-refractivity contribution in [1.29, 1.82) is 0 Å². The third-order valence-corrected chi connectivity index (χ3v) is 6.39. The molecule has 1 aliphatic heterocycles. The largest absolute Gasteiger partial charge is 0.356 e. The lowest BCUT2D eigenvalue weighted by Gasteiger charge is -2.26. The zero-order chi connectivity index (χ0) is 21.7. The Balaban J connectivity index is 0.00000289. The molecule has 0 aromatic heterocycles. The molecule has 2 aromatic rings. The number of guanidine groups is 1. The first-order valence-electron chi connectivity index (χ1n) is 11.2. The van der Waals surface area contributed by atoms with Gasteiger partial charge < -0.3 is 15.5 Å². The Morgan fingerprint density at radius 2 is 1.81 bits per heavy atom. The number of halogens is 2. The Morgan fingerprint density at radius 1 is 1.06 bits per heavy atom. The predicted molar refractivity (Wildman–Crippen MR) is 137 cm³/mol. The molecule has 4 rings (SSSR count). The average Bonchev–Trinajstić information content (AvgIpc) is 3.60. The highest BCUT2D eigenvalue weighted by atomic mass is 127. The van der Waals surface area contributed by atoms with E-state index in [1.54, 1.807) is 13.1 Å². The van der Waals surface area contributed by atoms with Crippen molar-refractivity contribution >= 4 is 35.8 Å². The normalized spacial score (nSPS) is 17.3. The number of nitrogens with one attached hydrogen (secondary N) is 2. The third-order valence-electron chi connectivity index (χ3n) is 6.39. The zero-order valence-corrected chi connectivity index (χ0v) is 20.9. The maximum absolute atomic E-state index is 14.2. The highest BCUT2D eigenvalue weighted by molar-refractivity contribution is 14.0. The Kier molecular flexibility index (Phi) is 8.51. The maximum atomic E-state index is 14.2. The van der Waals surface area contributed by atoms with E-state index in [1.165, 1.54) is 12.5 Å². The zero-order valence-electron chi connectivity index (χ0n) is 18.6. The highest BCUT2D eigenvalue weighted by Crippen LogP contribution is 2.48. The molecule has 172 valence electrons. The number of rotatable bonds is 6. The molecule has 5 nitrogen and oxygen atoms in total. The van der Waals surface area contributed by atoms with E-state index in [0.29, 0.717) is 19.0 Å². The Morgan fingerprint density at radius 3 is 2.50 bits per heavy atom. The number of hydrogen-bond acceptors (Lipinski definition) is 2. The van der Waals surface area contributed by atoms with E-state index in [2.05, 4.69) is 15.6 Å². The molecule has 32 heavy (non-hydrogen) atoms. The Labute approximate surface area is 206 Å². The van der Waals surface area contributed by atoms with Gasteiger partial charge in [-0.2, -0.15) is 0 Å². The monoisotopic (exact) mass is 550 g/mol. The minimum absolute atomic E-state index is 0. The molecule has 0 atom stereocenters. The lowest BCUT2D eigenvalue weighted by Crippen LogP contribution is -2.41. The van der Waals surface area contributed by atoms with Crippen molar-refractivity contribution < 1.29 is 9.18 Å². The molecule has 7 heteroatoms. The summed E-state index contributed by atoms with van der Waals surface area (Å²) in [5.41, 5.74) is 2.40. The third kappa shape index (κ3) is 5.79. The second-order valence-corrected chi connectivity index (χ2v) is 8.59. The summed E-state index contributed by atoms with van der Waals surface area (Å²) in [4.78, 5) is 19.0. The molecule has 0 bridgehead atoms. The molecule has 0 unspecified atom stereocenters. The van der Waals surface area contributed by atoms with Gasteiger partial charge in [-0.3, -0.25) is 9.79 Å². The van der Waals surface area contributed by atoms with Crippen LogP contribution in [0.1, 0.15) is 53.6 Å². The van der Waals surface area contributed by atoms with E-state index >= 15 is 0 Å². The van der Waals surface area contributed by atoms with Crippen molar-refractivity contribution in [1.82, 2.24) is 15.5 Å². The van der Waals surface area contributed by atoms with Crippen molar-refractivity contribution in [2.75, 3.05) is 26.7 Å². The van der Waals surface area contributed by atoms with Crippen molar-refractivity contribution in [2.24, 2.45) is 4.99 Å². The minimum Gasteiger partial charge on any atom is -0.356 e. The number of carbonyl (C=O) groups is 1. The van der Waals surface area contributed by atoms with E-state index in [-0.39, 0.29) is 41.1 Å². The highest BCUT2D eigenvalue weighted by Gasteiger charge is 2.45. The van der Waals surface area contributed by atoms with Crippen LogP contribution in [0.3, 0.4) is 0 Å². The molecule has 2 fully saturated rings. The van der Waals surface area contributed by atoms with Crippen LogP contribution < -0.4 is 10.6 Å². The van der Waals surface area contributed by atoms with Crippen LogP contribution in [0.2, 0.25) is 0 Å². The van der Waals surface area contributed by atoms with E-state index < -0.39 is 0 Å². The number of piperidine rings is 1. The molecule has 1 saturated carbocycles. The second-order valence-electron chi connectivity index (χ2n) is 8.59. The number of aliphatic imine (C=N–C) groups is 1. The molecule has 2 aliphatic rings. The van der Waals surface area contributed by atoms with Crippen LogP contribution in [0.15, 0.2) is 53.5 Å². The van der Waals surface area contributed by atoms with E-state index in [0.717, 1.165) is 55.5 Å². The summed E-state index contributed by atoms with van der Waals surface area (Å²) in [6, 6.07) is 14.8. The number of benzene rings is 2. The molecule has 1 heterocycles. The summed E-state index contributed by atoms with van der Waals surface area (Å²) in [6.45, 7) is 2.90. The predicted octanol–water partition coefficient (Wildman–Crippen LogP) is 4.47. The lowest BCUT2D eigenvalue weighted by atomic mass is 9.95. The van der Waals surface area contributed by atoms with Crippen molar-refractivity contribution in [3.05, 3.63) is 71.0 Å². The minimum atomic E-state index is -0.149. The molecule has 0 spiro atoms. The quantitative estimate of drug-likeness (QED) is 0.317. The van der Waals surface area contributed by atoms with Gasteiger partial charge in [-0.05, 0) is 61.4 Å². The van der Waals surface area contributed by atoms with Crippen LogP contribution in [0.4, 0.5) is 4.39 Å². The van der Waals surface area contributed by atoms with Crippen molar-refractivity contribution in [3.8, 4) is 0 Å². The van der Waals surface area contributed by atoms with Gasteiger partial charge in [0.1, 0.15) is 5.82 Å². The van der Waals surface area contributed by atoms with Crippen LogP contribution in [0, 0.1) is 5.82 Å². The smallest absolute Gasteiger partial charge is 0.253 e. The van der Waals surface area contributed by atoms with Gasteiger partial charge in [0, 0.05) is 44.2 Å². The number of carbonyl (C=O) groups excluding carboxylic acids is 1. The topological polar surface area (TPSA) is 56.7 Å². The van der Waals surface area contributed by atoms with Crippen molar-refractivity contribution in [2.45, 2.75) is 44.1 Å². The second kappa shape index (κ2) is 11.1. The fraction of sp³-hybridized carbons (Fsp3) is 0.440. The summed E-state index contributed by atoms with van der Waals surface area (Å²) in [6.07, 6.45) is 5.32. The number of likely N-dealkylation sites (tertiary alicyclic amines) is 1. The van der Waals surface area contributed by atoms with Gasteiger partial charge in [-0.15, -0.1) is 24.0 Å². The van der Waals surface area contributed by atoms with E-state index in [4.69, 9.17) is 0 Å². The Bertz CT molecular complexity index is 954.